The number of hydrogen-bond donors (Lipinski definition) is 3. The van der Waals surface area contributed by atoms with Crippen molar-refractivity contribution in [3.8, 4) is 0 Å². The van der Waals surface area contributed by atoms with Crippen molar-refractivity contribution >= 4 is 35.4 Å². The van der Waals surface area contributed by atoms with Crippen LogP contribution in [0.25, 0.3) is 0 Å². The van der Waals surface area contributed by atoms with E-state index in [1.54, 1.807) is 6.92 Å². The summed E-state index contributed by atoms with van der Waals surface area (Å²) in [6.07, 6.45) is 0.156. The van der Waals surface area contributed by atoms with Gasteiger partial charge < -0.3 is 15.5 Å². The second-order valence-corrected chi connectivity index (χ2v) is 8.08. The van der Waals surface area contributed by atoms with Gasteiger partial charge in [-0.05, 0) is 26.9 Å². The monoisotopic (exact) mass is 332 g/mol. The first-order valence-electron chi connectivity index (χ1n) is 6.85. The van der Waals surface area contributed by atoms with Crippen LogP contribution in [0.1, 0.15) is 20.3 Å². The molecule has 0 aromatic rings. The van der Waals surface area contributed by atoms with E-state index in [-0.39, 0.29) is 22.2 Å². The van der Waals surface area contributed by atoms with E-state index in [1.165, 1.54) is 28.4 Å². The van der Waals surface area contributed by atoms with Gasteiger partial charge in [0.15, 0.2) is 5.70 Å². The highest BCUT2D eigenvalue weighted by Gasteiger charge is 2.57. The Morgan fingerprint density at radius 2 is 2.19 bits per heavy atom. The normalized spacial score (nSPS) is 27.4. The van der Waals surface area contributed by atoms with Gasteiger partial charge in [-0.15, -0.1) is 11.8 Å². The van der Waals surface area contributed by atoms with Gasteiger partial charge in [0.2, 0.25) is 5.91 Å². The maximum absolute atomic E-state index is 12.0. The number of carbonyl (C=O) groups excluding carboxylic acids is 1. The molecule has 1 amide bonds. The summed E-state index contributed by atoms with van der Waals surface area (Å²) in [5.41, 5.74) is 0.0770. The van der Waals surface area contributed by atoms with E-state index in [2.05, 4.69) is 5.32 Å². The number of aliphatic hydroxyl groups excluding tert-OH is 1. The van der Waals surface area contributed by atoms with Crippen molar-refractivity contribution in [3.63, 3.8) is 0 Å². The molecule has 3 N–H and O–H groups in total. The van der Waals surface area contributed by atoms with Gasteiger partial charge in [0.25, 0.3) is 0 Å². The molecule has 0 saturated carbocycles. The molecule has 2 heterocycles. The summed E-state index contributed by atoms with van der Waals surface area (Å²) in [5, 5.41) is 22.1. The highest BCUT2D eigenvalue weighted by Crippen LogP contribution is 2.54. The van der Waals surface area contributed by atoms with Gasteiger partial charge in [0.05, 0.1) is 16.3 Å². The van der Waals surface area contributed by atoms with Crippen LogP contribution < -0.4 is 5.32 Å². The van der Waals surface area contributed by atoms with E-state index in [9.17, 15) is 19.8 Å². The van der Waals surface area contributed by atoms with Crippen LogP contribution in [0.3, 0.4) is 0 Å². The Bertz CT molecular complexity index is 481. The first kappa shape index (κ1) is 16.7. The fourth-order valence-corrected chi connectivity index (χ4v) is 5.65. The Morgan fingerprint density at radius 3 is 2.71 bits per heavy atom. The lowest BCUT2D eigenvalue weighted by molar-refractivity contribution is -0.156. The van der Waals surface area contributed by atoms with Crippen LogP contribution in [-0.4, -0.2) is 57.3 Å². The minimum atomic E-state index is -1.08. The predicted molar refractivity (Wildman–Crippen MR) is 83.7 cm³/mol. The van der Waals surface area contributed by atoms with Gasteiger partial charge in [0, 0.05) is 5.25 Å². The van der Waals surface area contributed by atoms with Crippen molar-refractivity contribution in [2.45, 2.75) is 37.0 Å². The van der Waals surface area contributed by atoms with Crippen molar-refractivity contribution in [2.75, 3.05) is 13.6 Å². The van der Waals surface area contributed by atoms with E-state index in [0.29, 0.717) is 4.24 Å². The molecule has 2 rings (SSSR count). The Kier molecular flexibility index (Phi) is 5.24. The number of aliphatic carboxylic acids is 1. The van der Waals surface area contributed by atoms with Crippen LogP contribution in [0.5, 0.6) is 0 Å². The summed E-state index contributed by atoms with van der Waals surface area (Å²) in [6.45, 7) is 4.47. The van der Waals surface area contributed by atoms with Crippen LogP contribution in [-0.2, 0) is 9.59 Å². The van der Waals surface area contributed by atoms with E-state index >= 15 is 0 Å². The molecular weight excluding hydrogens is 312 g/mol. The van der Waals surface area contributed by atoms with Crippen LogP contribution >= 0.6 is 23.5 Å². The van der Waals surface area contributed by atoms with Crippen molar-refractivity contribution in [2.24, 2.45) is 5.92 Å². The summed E-state index contributed by atoms with van der Waals surface area (Å²) in [4.78, 5) is 24.8. The third-order valence-corrected chi connectivity index (χ3v) is 6.35. The number of carboxylic acid groups (broad SMARTS) is 1. The highest BCUT2D eigenvalue weighted by molar-refractivity contribution is 8.23. The summed E-state index contributed by atoms with van der Waals surface area (Å²) < 4.78 is 0.674. The maximum Gasteiger partial charge on any atom is 0.354 e. The van der Waals surface area contributed by atoms with Gasteiger partial charge >= 0.3 is 5.97 Å². The Labute approximate surface area is 132 Å². The third kappa shape index (κ3) is 3.08. The predicted octanol–water partition coefficient (Wildman–Crippen LogP) is 0.883. The number of nitrogens with zero attached hydrogens (tertiary/aromatic N) is 1. The van der Waals surface area contributed by atoms with Gasteiger partial charge in [-0.1, -0.05) is 18.7 Å². The number of carbonyl (C=O) groups is 2. The lowest BCUT2D eigenvalue weighted by Gasteiger charge is -2.43. The summed E-state index contributed by atoms with van der Waals surface area (Å²) >= 11 is 2.88. The molecule has 6 nitrogen and oxygen atoms in total. The van der Waals surface area contributed by atoms with E-state index in [1.807, 2.05) is 14.0 Å². The zero-order valence-corrected chi connectivity index (χ0v) is 13.8. The zero-order chi connectivity index (χ0) is 15.7. The molecule has 21 heavy (non-hydrogen) atoms. The van der Waals surface area contributed by atoms with Crippen molar-refractivity contribution < 1.29 is 19.8 Å². The molecule has 1 fully saturated rings. The van der Waals surface area contributed by atoms with Crippen molar-refractivity contribution in [3.05, 3.63) is 9.93 Å². The van der Waals surface area contributed by atoms with Crippen molar-refractivity contribution in [1.29, 1.82) is 0 Å². The molecule has 3 unspecified atom stereocenters. The van der Waals surface area contributed by atoms with Gasteiger partial charge in [-0.3, -0.25) is 9.69 Å². The average molecular weight is 332 g/mol. The van der Waals surface area contributed by atoms with Gasteiger partial charge in [-0.25, -0.2) is 4.79 Å². The maximum atomic E-state index is 12.0. The topological polar surface area (TPSA) is 89.9 Å². The Hall–Kier alpha value is -0.700. The molecule has 0 aromatic heterocycles. The molecule has 2 aliphatic heterocycles. The first-order chi connectivity index (χ1) is 9.88. The molecule has 0 aliphatic carbocycles. The SMILES string of the molecule is CNCCC(C)SC1=C(C(=O)O)N2C(=O)C(C(C)O)[C@H]2S1. The number of aliphatic hydroxyl groups is 1. The average Bonchev–Trinajstić information content (AvgIpc) is 2.70. The van der Waals surface area contributed by atoms with E-state index < -0.39 is 18.0 Å². The standard InChI is InChI=1S/C13H20N2O4S2/c1-6(4-5-14-3)20-13-9(12(18)19)15-10(17)8(7(2)16)11(15)21-13/h6-8,11,14,16H,4-5H2,1-3H3,(H,18,19)/t6?,7?,8?,11-/m1/s1. The Balaban J connectivity index is 2.13. The highest BCUT2D eigenvalue weighted by atomic mass is 32.2. The number of amides is 1. The molecule has 0 aromatic carbocycles. The summed E-state index contributed by atoms with van der Waals surface area (Å²) in [5.74, 6) is -1.88. The second kappa shape index (κ2) is 6.60. The molecule has 2 aliphatic rings. The number of rotatable bonds is 7. The molecule has 1 saturated heterocycles. The lowest BCUT2D eigenvalue weighted by atomic mass is 9.92. The van der Waals surface area contributed by atoms with Crippen LogP contribution in [0, 0.1) is 5.92 Å². The van der Waals surface area contributed by atoms with E-state index in [0.717, 1.165) is 13.0 Å². The fourth-order valence-electron chi connectivity index (χ4n) is 2.42. The largest absolute Gasteiger partial charge is 0.477 e. The number of thioether (sulfide) groups is 2. The lowest BCUT2D eigenvalue weighted by Crippen LogP contribution is -2.60. The van der Waals surface area contributed by atoms with Crippen LogP contribution in [0.2, 0.25) is 0 Å². The first-order valence-corrected chi connectivity index (χ1v) is 8.61. The zero-order valence-electron chi connectivity index (χ0n) is 12.2. The minimum absolute atomic E-state index is 0.0770. The molecular formula is C13H20N2O4S2. The number of β-lactam (4-membered cyclic amide) rings is 1. The molecule has 0 spiro atoms. The molecule has 4 atom stereocenters. The molecule has 0 radical (unpaired) electrons. The molecule has 118 valence electrons. The molecule has 0 bridgehead atoms. The number of hydrogen-bond acceptors (Lipinski definition) is 6. The Morgan fingerprint density at radius 1 is 1.52 bits per heavy atom. The smallest absolute Gasteiger partial charge is 0.354 e. The second-order valence-electron chi connectivity index (χ2n) is 5.24. The quantitative estimate of drug-likeness (QED) is 0.596. The van der Waals surface area contributed by atoms with Crippen LogP contribution in [0.4, 0.5) is 0 Å². The van der Waals surface area contributed by atoms with Crippen molar-refractivity contribution in [1.82, 2.24) is 10.2 Å². The van der Waals surface area contributed by atoms with Gasteiger partial charge in [0.1, 0.15) is 5.37 Å². The van der Waals surface area contributed by atoms with E-state index in [4.69, 9.17) is 0 Å². The number of nitrogens with one attached hydrogen (secondary N) is 1. The van der Waals surface area contributed by atoms with Crippen LogP contribution in [0.15, 0.2) is 9.93 Å². The van der Waals surface area contributed by atoms with Gasteiger partial charge in [-0.2, -0.15) is 0 Å². The molecule has 8 heteroatoms. The number of fused-ring (bicyclic) bond motifs is 1. The summed E-state index contributed by atoms with van der Waals surface area (Å²) in [7, 11) is 1.88. The third-order valence-electron chi connectivity index (χ3n) is 3.58. The fraction of sp³-hybridized carbons (Fsp3) is 0.692. The minimum Gasteiger partial charge on any atom is -0.477 e. The number of carboxylic acids is 1. The summed E-state index contributed by atoms with van der Waals surface area (Å²) in [6, 6.07) is 0.